The van der Waals surface area contributed by atoms with Crippen LogP contribution in [-0.4, -0.2) is 29.2 Å². The van der Waals surface area contributed by atoms with Gasteiger partial charge < -0.3 is 5.32 Å². The molecule has 1 N–H and O–H groups in total. The largest absolute Gasteiger partial charge is 0.325 e. The molecule has 1 aromatic rings. The Balaban J connectivity index is 1.33. The van der Waals surface area contributed by atoms with Gasteiger partial charge in [0, 0.05) is 5.69 Å². The van der Waals surface area contributed by atoms with Gasteiger partial charge in [-0.2, -0.15) is 0 Å². The van der Waals surface area contributed by atoms with Crippen LogP contribution in [0.15, 0.2) is 36.4 Å². The maximum absolute atomic E-state index is 12.8. The molecule has 128 valence electrons. The Kier molecular flexibility index (Phi) is 3.00. The molecule has 1 aliphatic heterocycles. The number of imide groups is 1. The summed E-state index contributed by atoms with van der Waals surface area (Å²) in [5.41, 5.74) is 1.73. The summed E-state index contributed by atoms with van der Waals surface area (Å²) < 4.78 is 0. The molecule has 0 unspecified atom stereocenters. The lowest BCUT2D eigenvalue weighted by Crippen LogP contribution is -2.40. The first-order chi connectivity index (χ1) is 12.0. The zero-order chi connectivity index (χ0) is 17.3. The number of hydrogen-bond donors (Lipinski definition) is 1. The summed E-state index contributed by atoms with van der Waals surface area (Å²) in [5.74, 6) is 0.441. The molecule has 6 atom stereocenters. The number of carbonyl (C=O) groups excluding carboxylic acids is 3. The van der Waals surface area contributed by atoms with Gasteiger partial charge in [-0.05, 0) is 54.7 Å². The second kappa shape index (κ2) is 5.04. The highest BCUT2D eigenvalue weighted by Gasteiger charge is 2.67. The predicted molar refractivity (Wildman–Crippen MR) is 91.2 cm³/mol. The SMILES string of the molecule is Cc1cccc(NC(=O)CN2C(=O)[C@@H]3[C@@H]4C=C[C@H]([C@H]5C[C@H]45)[C@@H]3C2=O)c1. The van der Waals surface area contributed by atoms with Gasteiger partial charge in [-0.25, -0.2) is 0 Å². The molecule has 25 heavy (non-hydrogen) atoms. The number of carbonyl (C=O) groups is 3. The molecule has 0 aromatic heterocycles. The van der Waals surface area contributed by atoms with Crippen molar-refractivity contribution in [1.29, 1.82) is 0 Å². The molecule has 6 rings (SSSR count). The fourth-order valence-corrected chi connectivity index (χ4v) is 5.24. The molecule has 5 nitrogen and oxygen atoms in total. The molecule has 5 aliphatic rings. The van der Waals surface area contributed by atoms with Crippen molar-refractivity contribution in [3.8, 4) is 0 Å². The number of nitrogens with zero attached hydrogens (tertiary/aromatic N) is 1. The number of benzene rings is 1. The van der Waals surface area contributed by atoms with E-state index in [2.05, 4.69) is 17.5 Å². The summed E-state index contributed by atoms with van der Waals surface area (Å²) in [6.07, 6.45) is 5.42. The third-order valence-corrected chi connectivity index (χ3v) is 6.36. The molecule has 3 fully saturated rings. The first-order valence-electron chi connectivity index (χ1n) is 8.94. The van der Waals surface area contributed by atoms with Crippen LogP contribution in [0.2, 0.25) is 0 Å². The lowest BCUT2D eigenvalue weighted by atomic mass is 9.63. The molecule has 4 aliphatic carbocycles. The van der Waals surface area contributed by atoms with E-state index in [0.717, 1.165) is 12.0 Å². The van der Waals surface area contributed by atoms with E-state index in [0.29, 0.717) is 17.5 Å². The number of nitrogens with one attached hydrogen (secondary N) is 1. The van der Waals surface area contributed by atoms with Crippen molar-refractivity contribution in [1.82, 2.24) is 4.90 Å². The van der Waals surface area contributed by atoms with Crippen molar-refractivity contribution in [2.45, 2.75) is 13.3 Å². The maximum Gasteiger partial charge on any atom is 0.244 e. The fraction of sp³-hybridized carbons (Fsp3) is 0.450. The first kappa shape index (κ1) is 14.9. The lowest BCUT2D eigenvalue weighted by molar-refractivity contribution is -0.142. The Hall–Kier alpha value is -2.43. The average molecular weight is 336 g/mol. The third-order valence-electron chi connectivity index (χ3n) is 6.36. The van der Waals surface area contributed by atoms with E-state index in [4.69, 9.17) is 0 Å². The van der Waals surface area contributed by atoms with E-state index in [-0.39, 0.29) is 47.9 Å². The van der Waals surface area contributed by atoms with E-state index in [1.165, 1.54) is 4.90 Å². The number of amides is 3. The summed E-state index contributed by atoms with van der Waals surface area (Å²) in [6.45, 7) is 1.76. The van der Waals surface area contributed by atoms with Gasteiger partial charge in [0.1, 0.15) is 6.54 Å². The average Bonchev–Trinajstić information content (AvgIpc) is 3.36. The molecule has 1 saturated heterocycles. The molecule has 1 heterocycles. The number of rotatable bonds is 3. The van der Waals surface area contributed by atoms with Gasteiger partial charge in [0.25, 0.3) is 0 Å². The van der Waals surface area contributed by atoms with E-state index in [1.807, 2.05) is 25.1 Å². The minimum absolute atomic E-state index is 0.154. The monoisotopic (exact) mass is 336 g/mol. The summed E-state index contributed by atoms with van der Waals surface area (Å²) in [6, 6.07) is 7.47. The zero-order valence-electron chi connectivity index (χ0n) is 14.0. The van der Waals surface area contributed by atoms with Gasteiger partial charge >= 0.3 is 0 Å². The van der Waals surface area contributed by atoms with Crippen LogP contribution in [0.25, 0.3) is 0 Å². The Bertz CT molecular complexity index is 794. The van der Waals surface area contributed by atoms with Gasteiger partial charge in [0.05, 0.1) is 11.8 Å². The van der Waals surface area contributed by atoms with Crippen LogP contribution >= 0.6 is 0 Å². The second-order valence-electron chi connectivity index (χ2n) is 7.83. The highest BCUT2D eigenvalue weighted by atomic mass is 16.2. The highest BCUT2D eigenvalue weighted by Crippen LogP contribution is 2.65. The number of aryl methyl sites for hydroxylation is 1. The lowest BCUT2D eigenvalue weighted by Gasteiger charge is -2.37. The van der Waals surface area contributed by atoms with Crippen LogP contribution in [0.4, 0.5) is 5.69 Å². The van der Waals surface area contributed by atoms with Gasteiger partial charge in [-0.1, -0.05) is 24.3 Å². The molecule has 2 bridgehead atoms. The minimum Gasteiger partial charge on any atom is -0.325 e. The van der Waals surface area contributed by atoms with Crippen LogP contribution in [0.1, 0.15) is 12.0 Å². The first-order valence-corrected chi connectivity index (χ1v) is 8.94. The highest BCUT2D eigenvalue weighted by molar-refractivity contribution is 6.09. The topological polar surface area (TPSA) is 66.5 Å². The summed E-state index contributed by atoms with van der Waals surface area (Å²) >= 11 is 0. The van der Waals surface area contributed by atoms with Crippen molar-refractivity contribution in [3.05, 3.63) is 42.0 Å². The minimum atomic E-state index is -0.323. The van der Waals surface area contributed by atoms with Crippen LogP contribution < -0.4 is 5.32 Å². The molecule has 3 amide bonds. The van der Waals surface area contributed by atoms with Crippen molar-refractivity contribution in [2.24, 2.45) is 35.5 Å². The Morgan fingerprint density at radius 1 is 1.12 bits per heavy atom. The number of hydrogen-bond acceptors (Lipinski definition) is 3. The van der Waals surface area contributed by atoms with Gasteiger partial charge in [0.2, 0.25) is 17.7 Å². The Morgan fingerprint density at radius 2 is 1.76 bits per heavy atom. The Labute approximate surface area is 146 Å². The van der Waals surface area contributed by atoms with Crippen LogP contribution in [-0.2, 0) is 14.4 Å². The molecular weight excluding hydrogens is 316 g/mol. The van der Waals surface area contributed by atoms with Crippen molar-refractivity contribution in [3.63, 3.8) is 0 Å². The Morgan fingerprint density at radius 3 is 2.36 bits per heavy atom. The van der Waals surface area contributed by atoms with Crippen molar-refractivity contribution >= 4 is 23.4 Å². The summed E-state index contributed by atoms with van der Waals surface area (Å²) in [7, 11) is 0. The fourth-order valence-electron chi connectivity index (χ4n) is 5.24. The number of likely N-dealkylation sites (tertiary alicyclic amines) is 1. The summed E-state index contributed by atoms with van der Waals surface area (Å²) in [5, 5.41) is 2.79. The molecule has 5 heteroatoms. The van der Waals surface area contributed by atoms with Crippen molar-refractivity contribution in [2.75, 3.05) is 11.9 Å². The molecule has 2 saturated carbocycles. The van der Waals surface area contributed by atoms with Crippen LogP contribution in [0.5, 0.6) is 0 Å². The summed E-state index contributed by atoms with van der Waals surface area (Å²) in [4.78, 5) is 39.2. The van der Waals surface area contributed by atoms with E-state index in [1.54, 1.807) is 6.07 Å². The van der Waals surface area contributed by atoms with Crippen LogP contribution in [0, 0.1) is 42.4 Å². The zero-order valence-corrected chi connectivity index (χ0v) is 14.0. The van der Waals surface area contributed by atoms with E-state index < -0.39 is 0 Å². The molecule has 1 aromatic carbocycles. The molecule has 0 radical (unpaired) electrons. The van der Waals surface area contributed by atoms with Crippen LogP contribution in [0.3, 0.4) is 0 Å². The normalized spacial score (nSPS) is 37.1. The maximum atomic E-state index is 12.8. The smallest absolute Gasteiger partial charge is 0.244 e. The second-order valence-corrected chi connectivity index (χ2v) is 7.83. The van der Waals surface area contributed by atoms with Crippen molar-refractivity contribution < 1.29 is 14.4 Å². The van der Waals surface area contributed by atoms with Gasteiger partial charge in [-0.15, -0.1) is 0 Å². The van der Waals surface area contributed by atoms with Gasteiger partial charge in [0.15, 0.2) is 0 Å². The standard InChI is InChI=1S/C20H20N2O3/c1-10-3-2-4-11(7-10)21-16(23)9-22-19(24)17-12-5-6-13(15-8-14(12)15)18(17)20(22)25/h2-7,12-15,17-18H,8-9H2,1H3,(H,21,23)/t12-,13-,14-,15-,17-,18+/m1/s1. The molecular formula is C20H20N2O3. The van der Waals surface area contributed by atoms with Gasteiger partial charge in [-0.3, -0.25) is 19.3 Å². The third kappa shape index (κ3) is 2.11. The van der Waals surface area contributed by atoms with E-state index >= 15 is 0 Å². The predicted octanol–water partition coefficient (Wildman–Crippen LogP) is 1.99. The quantitative estimate of drug-likeness (QED) is 0.678. The number of anilines is 1. The number of allylic oxidation sites excluding steroid dienone is 2. The molecule has 0 spiro atoms. The van der Waals surface area contributed by atoms with E-state index in [9.17, 15) is 14.4 Å².